The normalized spacial score (nSPS) is 13.5. The molecule has 9 heteroatoms. The molecule has 0 fully saturated rings. The molecule has 27 heavy (non-hydrogen) atoms. The number of carbonyl (C=O) groups excluding carboxylic acids is 2. The summed E-state index contributed by atoms with van der Waals surface area (Å²) >= 11 is 6.14. The van der Waals surface area contributed by atoms with Crippen molar-refractivity contribution in [2.75, 3.05) is 5.01 Å². The van der Waals surface area contributed by atoms with Gasteiger partial charge in [-0.25, -0.2) is 0 Å². The Bertz CT molecular complexity index is 1000. The summed E-state index contributed by atoms with van der Waals surface area (Å²) < 4.78 is 0. The van der Waals surface area contributed by atoms with E-state index in [0.717, 1.165) is 17.2 Å². The molecule has 0 unspecified atom stereocenters. The van der Waals surface area contributed by atoms with Gasteiger partial charge < -0.3 is 5.32 Å². The Kier molecular flexibility index (Phi) is 4.91. The molecule has 2 aromatic rings. The van der Waals surface area contributed by atoms with Crippen LogP contribution in [0, 0.1) is 24.0 Å². The smallest absolute Gasteiger partial charge is 0.270 e. The van der Waals surface area contributed by atoms with Crippen molar-refractivity contribution in [3.05, 3.63) is 68.2 Å². The highest BCUT2D eigenvalue weighted by Gasteiger charge is 2.28. The van der Waals surface area contributed by atoms with Gasteiger partial charge in [0.15, 0.2) is 0 Å². The lowest BCUT2D eigenvalue weighted by atomic mass is 10.1. The highest BCUT2D eigenvalue weighted by atomic mass is 35.5. The lowest BCUT2D eigenvalue weighted by Crippen LogP contribution is -2.29. The largest absolute Gasteiger partial charge is 0.308 e. The Morgan fingerprint density at radius 2 is 2.00 bits per heavy atom. The van der Waals surface area contributed by atoms with Crippen LogP contribution in [0.4, 0.5) is 11.4 Å². The maximum absolute atomic E-state index is 12.3. The monoisotopic (exact) mass is 386 g/mol. The number of nitrogens with one attached hydrogen (secondary N) is 1. The number of halogens is 1. The average Bonchev–Trinajstić information content (AvgIpc) is 2.98. The number of anilines is 1. The predicted octanol–water partition coefficient (Wildman–Crippen LogP) is 3.35. The molecule has 1 N–H and O–H groups in total. The number of aryl methyl sites for hydroxylation is 2. The molecular formula is C18H15ClN4O4. The SMILES string of the molecule is Cc1cc(C)c(N2N=C(NC(=O)c3cccc([N+](=O)[O-])c3)CC2=O)cc1Cl. The number of hydrazone groups is 1. The summed E-state index contributed by atoms with van der Waals surface area (Å²) in [5.74, 6) is -0.731. The lowest BCUT2D eigenvalue weighted by Gasteiger charge is -2.15. The number of nitro benzene ring substituents is 1. The van der Waals surface area contributed by atoms with E-state index < -0.39 is 10.8 Å². The highest BCUT2D eigenvalue weighted by molar-refractivity contribution is 6.31. The predicted molar refractivity (Wildman–Crippen MR) is 101 cm³/mol. The Hall–Kier alpha value is -3.26. The van der Waals surface area contributed by atoms with E-state index in [0.29, 0.717) is 10.7 Å². The Morgan fingerprint density at radius 1 is 1.26 bits per heavy atom. The molecule has 1 aliphatic heterocycles. The van der Waals surface area contributed by atoms with Gasteiger partial charge in [0.2, 0.25) is 0 Å². The quantitative estimate of drug-likeness (QED) is 0.645. The van der Waals surface area contributed by atoms with Crippen LogP contribution in [0.5, 0.6) is 0 Å². The van der Waals surface area contributed by atoms with Crippen LogP contribution in [0.1, 0.15) is 27.9 Å². The molecular weight excluding hydrogens is 372 g/mol. The molecule has 0 atom stereocenters. The van der Waals surface area contributed by atoms with Gasteiger partial charge in [-0.15, -0.1) is 0 Å². The Balaban J connectivity index is 1.83. The third-order valence-corrected chi connectivity index (χ3v) is 4.47. The minimum Gasteiger partial charge on any atom is -0.308 e. The van der Waals surface area contributed by atoms with Crippen molar-refractivity contribution in [1.29, 1.82) is 0 Å². The molecule has 1 heterocycles. The van der Waals surface area contributed by atoms with E-state index in [9.17, 15) is 19.7 Å². The van der Waals surface area contributed by atoms with E-state index in [1.54, 1.807) is 6.07 Å². The fourth-order valence-corrected chi connectivity index (χ4v) is 2.85. The number of hydrogen-bond donors (Lipinski definition) is 1. The minimum absolute atomic E-state index is 0.0917. The first kappa shape index (κ1) is 18.5. The van der Waals surface area contributed by atoms with E-state index in [1.807, 2.05) is 19.9 Å². The maximum Gasteiger partial charge on any atom is 0.270 e. The van der Waals surface area contributed by atoms with Crippen molar-refractivity contribution in [3.63, 3.8) is 0 Å². The van der Waals surface area contributed by atoms with Crippen molar-refractivity contribution in [2.45, 2.75) is 20.3 Å². The summed E-state index contributed by atoms with van der Waals surface area (Å²) in [6.45, 7) is 3.69. The average molecular weight is 387 g/mol. The van der Waals surface area contributed by atoms with Gasteiger partial charge in [-0.3, -0.25) is 19.7 Å². The number of carbonyl (C=O) groups is 2. The number of hydrogen-bond acceptors (Lipinski definition) is 5. The van der Waals surface area contributed by atoms with Crippen LogP contribution in [-0.4, -0.2) is 22.6 Å². The van der Waals surface area contributed by atoms with Crippen molar-refractivity contribution in [1.82, 2.24) is 5.32 Å². The molecule has 0 saturated carbocycles. The topological polar surface area (TPSA) is 105 Å². The molecule has 0 bridgehead atoms. The van der Waals surface area contributed by atoms with Crippen molar-refractivity contribution >= 4 is 40.6 Å². The molecule has 0 radical (unpaired) electrons. The zero-order chi connectivity index (χ0) is 19.7. The molecule has 0 aromatic heterocycles. The van der Waals surface area contributed by atoms with Crippen LogP contribution in [0.25, 0.3) is 0 Å². The van der Waals surface area contributed by atoms with Gasteiger partial charge in [0, 0.05) is 22.7 Å². The van der Waals surface area contributed by atoms with Crippen LogP contribution in [0.3, 0.4) is 0 Å². The second-order valence-corrected chi connectivity index (χ2v) is 6.49. The molecule has 2 amide bonds. The van der Waals surface area contributed by atoms with Crippen LogP contribution >= 0.6 is 11.6 Å². The van der Waals surface area contributed by atoms with Crippen LogP contribution in [0.2, 0.25) is 5.02 Å². The van der Waals surface area contributed by atoms with Gasteiger partial charge in [0.1, 0.15) is 5.84 Å². The van der Waals surface area contributed by atoms with E-state index >= 15 is 0 Å². The summed E-state index contributed by atoms with van der Waals surface area (Å²) in [5.41, 5.74) is 2.15. The molecule has 3 rings (SSSR count). The molecule has 2 aromatic carbocycles. The standard InChI is InChI=1S/C18H15ClN4O4/c1-10-6-11(2)15(8-14(10)19)22-17(24)9-16(21-22)20-18(25)12-4-3-5-13(7-12)23(26)27/h3-8H,9H2,1-2H3,(H,20,21,25). The van der Waals surface area contributed by atoms with Gasteiger partial charge in [-0.05, 0) is 37.1 Å². The van der Waals surface area contributed by atoms with E-state index in [1.165, 1.54) is 23.2 Å². The minimum atomic E-state index is -0.584. The first-order valence-electron chi connectivity index (χ1n) is 7.99. The van der Waals surface area contributed by atoms with Crippen molar-refractivity contribution in [3.8, 4) is 0 Å². The molecule has 138 valence electrons. The van der Waals surface area contributed by atoms with Gasteiger partial charge >= 0.3 is 0 Å². The van der Waals surface area contributed by atoms with E-state index in [-0.39, 0.29) is 29.4 Å². The second kappa shape index (κ2) is 7.16. The van der Waals surface area contributed by atoms with Crippen LogP contribution < -0.4 is 10.3 Å². The first-order chi connectivity index (χ1) is 12.8. The molecule has 1 aliphatic rings. The fourth-order valence-electron chi connectivity index (χ4n) is 2.69. The van der Waals surface area contributed by atoms with Gasteiger partial charge in [-0.1, -0.05) is 23.7 Å². The summed E-state index contributed by atoms with van der Waals surface area (Å²) in [6.07, 6.45) is -0.0917. The summed E-state index contributed by atoms with van der Waals surface area (Å²) in [5, 5.41) is 19.2. The number of rotatable bonds is 3. The first-order valence-corrected chi connectivity index (χ1v) is 8.37. The highest BCUT2D eigenvalue weighted by Crippen LogP contribution is 2.30. The molecule has 8 nitrogen and oxygen atoms in total. The van der Waals surface area contributed by atoms with Crippen molar-refractivity contribution < 1.29 is 14.5 Å². The third-order valence-electron chi connectivity index (χ3n) is 4.06. The number of benzene rings is 2. The summed E-state index contributed by atoms with van der Waals surface area (Å²) in [4.78, 5) is 34.9. The number of amides is 2. The fraction of sp³-hybridized carbons (Fsp3) is 0.167. The van der Waals surface area contributed by atoms with Gasteiger partial charge in [-0.2, -0.15) is 10.1 Å². The zero-order valence-corrected chi connectivity index (χ0v) is 15.3. The Labute approximate surface area is 159 Å². The zero-order valence-electron chi connectivity index (χ0n) is 14.5. The van der Waals surface area contributed by atoms with Crippen LogP contribution in [0.15, 0.2) is 41.5 Å². The molecule has 0 aliphatic carbocycles. The van der Waals surface area contributed by atoms with Crippen molar-refractivity contribution in [2.24, 2.45) is 5.10 Å². The number of amidine groups is 1. The number of nitrogens with zero attached hydrogens (tertiary/aromatic N) is 3. The number of nitro groups is 1. The lowest BCUT2D eigenvalue weighted by molar-refractivity contribution is -0.384. The molecule has 0 spiro atoms. The third kappa shape index (κ3) is 3.80. The van der Waals surface area contributed by atoms with Crippen LogP contribution in [-0.2, 0) is 4.79 Å². The van der Waals surface area contributed by atoms with Gasteiger partial charge in [0.05, 0.1) is 17.0 Å². The molecule has 0 saturated heterocycles. The Morgan fingerprint density at radius 3 is 2.70 bits per heavy atom. The summed E-state index contributed by atoms with van der Waals surface area (Å²) in [6, 6.07) is 8.81. The maximum atomic E-state index is 12.3. The van der Waals surface area contributed by atoms with Gasteiger partial charge in [0.25, 0.3) is 17.5 Å². The second-order valence-electron chi connectivity index (χ2n) is 6.08. The van der Waals surface area contributed by atoms with E-state index in [4.69, 9.17) is 11.6 Å². The summed E-state index contributed by atoms with van der Waals surface area (Å²) in [7, 11) is 0. The number of non-ortho nitro benzene ring substituents is 1. The van der Waals surface area contributed by atoms with E-state index in [2.05, 4.69) is 10.4 Å².